The molecule has 1 aliphatic heterocycles. The predicted molar refractivity (Wildman–Crippen MR) is 148 cm³/mol. The molecular formula is C30H30N6O4S. The lowest BCUT2D eigenvalue weighted by atomic mass is 9.53. The van der Waals surface area contributed by atoms with Crippen molar-refractivity contribution in [3.05, 3.63) is 76.6 Å². The van der Waals surface area contributed by atoms with Crippen LogP contribution in [0.4, 0.5) is 0 Å². The number of hydrogen-bond acceptors (Lipinski definition) is 8. The molecule has 5 aliphatic rings. The van der Waals surface area contributed by atoms with Crippen LogP contribution in [0.25, 0.3) is 0 Å². The summed E-state index contributed by atoms with van der Waals surface area (Å²) in [6.07, 6.45) is 9.85. The second kappa shape index (κ2) is 10.1. The summed E-state index contributed by atoms with van der Waals surface area (Å²) in [5.74, 6) is -0.00899. The molecule has 1 aromatic carbocycles. The Morgan fingerprint density at radius 1 is 1.00 bits per heavy atom. The predicted octanol–water partition coefficient (Wildman–Crippen LogP) is 3.38. The molecule has 0 radical (unpaired) electrons. The van der Waals surface area contributed by atoms with Gasteiger partial charge in [0.15, 0.2) is 6.04 Å². The van der Waals surface area contributed by atoms with Crippen molar-refractivity contribution in [2.24, 2.45) is 17.8 Å². The first-order valence-corrected chi connectivity index (χ1v) is 15.0. The van der Waals surface area contributed by atoms with Gasteiger partial charge in [-0.1, -0.05) is 22.7 Å². The molecule has 0 spiro atoms. The SMILES string of the molecule is O=C(NC12CC3CC(CC(C3)C1)C2)[C@H](c1csnn1)N(Cc1cccnc1)C(=O)CN1C(=O)c2ccccc2C1=O. The highest BCUT2D eigenvalue weighted by Crippen LogP contribution is 2.55. The smallest absolute Gasteiger partial charge is 0.262 e. The van der Waals surface area contributed by atoms with Crippen LogP contribution in [0.3, 0.4) is 0 Å². The number of nitrogens with one attached hydrogen (secondary N) is 1. The van der Waals surface area contributed by atoms with Gasteiger partial charge in [0.2, 0.25) is 11.8 Å². The Labute approximate surface area is 241 Å². The number of carbonyl (C=O) groups is 4. The minimum Gasteiger partial charge on any atom is -0.348 e. The summed E-state index contributed by atoms with van der Waals surface area (Å²) in [5, 5.41) is 9.30. The number of rotatable bonds is 8. The maximum absolute atomic E-state index is 14.3. The molecule has 1 atom stereocenters. The molecule has 3 heterocycles. The summed E-state index contributed by atoms with van der Waals surface area (Å²) in [6.45, 7) is -0.447. The zero-order valence-corrected chi connectivity index (χ0v) is 23.3. The molecule has 8 rings (SSSR count). The number of imide groups is 1. The third-order valence-corrected chi connectivity index (χ3v) is 9.73. The first-order chi connectivity index (χ1) is 19.9. The average molecular weight is 571 g/mol. The Bertz CT molecular complexity index is 1440. The van der Waals surface area contributed by atoms with Crippen molar-refractivity contribution in [3.63, 3.8) is 0 Å². The third-order valence-electron chi connectivity index (χ3n) is 9.21. The number of fused-ring (bicyclic) bond motifs is 1. The summed E-state index contributed by atoms with van der Waals surface area (Å²) in [4.78, 5) is 61.1. The van der Waals surface area contributed by atoms with Crippen molar-refractivity contribution >= 4 is 35.2 Å². The highest BCUT2D eigenvalue weighted by atomic mass is 32.1. The molecule has 0 saturated heterocycles. The van der Waals surface area contributed by atoms with Gasteiger partial charge in [0.25, 0.3) is 11.8 Å². The van der Waals surface area contributed by atoms with Crippen LogP contribution in [-0.2, 0) is 16.1 Å². The van der Waals surface area contributed by atoms with Crippen LogP contribution in [0.2, 0.25) is 0 Å². The largest absolute Gasteiger partial charge is 0.348 e. The van der Waals surface area contributed by atoms with Crippen LogP contribution < -0.4 is 5.32 Å². The fourth-order valence-electron chi connectivity index (χ4n) is 7.94. The van der Waals surface area contributed by atoms with Gasteiger partial charge in [0.1, 0.15) is 12.2 Å². The molecule has 10 nitrogen and oxygen atoms in total. The number of nitrogens with zero attached hydrogens (tertiary/aromatic N) is 5. The van der Waals surface area contributed by atoms with Crippen LogP contribution in [0, 0.1) is 17.8 Å². The minimum atomic E-state index is -1.08. The molecule has 4 fully saturated rings. The second-order valence-corrected chi connectivity index (χ2v) is 12.7. The molecule has 1 N–H and O–H groups in total. The number of aromatic nitrogens is 3. The van der Waals surface area contributed by atoms with Crippen LogP contribution in [0.5, 0.6) is 0 Å². The van der Waals surface area contributed by atoms with Crippen molar-refractivity contribution in [2.75, 3.05) is 6.54 Å². The van der Waals surface area contributed by atoms with Crippen LogP contribution >= 0.6 is 11.5 Å². The highest BCUT2D eigenvalue weighted by molar-refractivity contribution is 7.03. The van der Waals surface area contributed by atoms with E-state index >= 15 is 0 Å². The summed E-state index contributed by atoms with van der Waals surface area (Å²) in [7, 11) is 0. The van der Waals surface area contributed by atoms with Crippen LogP contribution in [-0.4, -0.2) is 60.1 Å². The molecular weight excluding hydrogens is 540 g/mol. The van der Waals surface area contributed by atoms with Crippen molar-refractivity contribution in [3.8, 4) is 0 Å². The first-order valence-electron chi connectivity index (χ1n) is 14.1. The van der Waals surface area contributed by atoms with E-state index in [9.17, 15) is 19.2 Å². The number of pyridine rings is 1. The molecule has 0 unspecified atom stereocenters. The van der Waals surface area contributed by atoms with E-state index in [0.717, 1.165) is 35.7 Å². The van der Waals surface area contributed by atoms with Gasteiger partial charge in [0, 0.05) is 29.9 Å². The van der Waals surface area contributed by atoms with Gasteiger partial charge in [-0.25, -0.2) is 0 Å². The molecule has 4 aliphatic carbocycles. The monoisotopic (exact) mass is 570 g/mol. The molecule has 4 saturated carbocycles. The van der Waals surface area contributed by atoms with Crippen molar-refractivity contribution in [1.82, 2.24) is 29.7 Å². The third kappa shape index (κ3) is 4.71. The van der Waals surface area contributed by atoms with Gasteiger partial charge >= 0.3 is 0 Å². The Morgan fingerprint density at radius 2 is 1.66 bits per heavy atom. The molecule has 2 aromatic heterocycles. The van der Waals surface area contributed by atoms with Crippen LogP contribution in [0.1, 0.15) is 76.5 Å². The fraction of sp³-hybridized carbons (Fsp3) is 0.433. The zero-order chi connectivity index (χ0) is 28.1. The molecule has 210 valence electrons. The van der Waals surface area contributed by atoms with Gasteiger partial charge in [-0.05, 0) is 91.6 Å². The quantitative estimate of drug-likeness (QED) is 0.412. The Kier molecular flexibility index (Phi) is 6.41. The van der Waals surface area contributed by atoms with E-state index in [1.165, 1.54) is 24.2 Å². The normalized spacial score (nSPS) is 26.6. The van der Waals surface area contributed by atoms with E-state index in [-0.39, 0.29) is 29.1 Å². The Morgan fingerprint density at radius 3 is 2.22 bits per heavy atom. The van der Waals surface area contributed by atoms with Crippen molar-refractivity contribution in [1.29, 1.82) is 0 Å². The zero-order valence-electron chi connectivity index (χ0n) is 22.4. The summed E-state index contributed by atoms with van der Waals surface area (Å²) in [5.41, 5.74) is 1.32. The van der Waals surface area contributed by atoms with Gasteiger partial charge in [0.05, 0.1) is 11.1 Å². The topological polar surface area (TPSA) is 125 Å². The lowest BCUT2D eigenvalue weighted by Gasteiger charge is -2.57. The number of amides is 4. The standard InChI is InChI=1S/C30H30N6O4S/c37-25(16-36-28(39)22-5-1-2-6-23(22)29(36)40)35(15-18-4-3-7-31-14-18)26(24-17-41-34-33-24)27(38)32-30-11-19-8-20(12-30)10-21(9-19)13-30/h1-7,14,17,19-21,26H,8-13,15-16H2,(H,32,38)/t19?,20?,21?,26-,30?/m0/s1. The van der Waals surface area contributed by atoms with E-state index in [1.807, 2.05) is 6.07 Å². The van der Waals surface area contributed by atoms with Crippen molar-refractivity contribution in [2.45, 2.75) is 56.7 Å². The molecule has 4 amide bonds. The van der Waals surface area contributed by atoms with Gasteiger partial charge in [-0.2, -0.15) is 0 Å². The molecule has 41 heavy (non-hydrogen) atoms. The maximum Gasteiger partial charge on any atom is 0.262 e. The maximum atomic E-state index is 14.3. The highest BCUT2D eigenvalue weighted by Gasteiger charge is 2.52. The number of hydrogen-bond donors (Lipinski definition) is 1. The summed E-state index contributed by atoms with van der Waals surface area (Å²) in [6, 6.07) is 9.03. The van der Waals surface area contributed by atoms with E-state index in [4.69, 9.17) is 0 Å². The average Bonchev–Trinajstić information content (AvgIpc) is 3.56. The second-order valence-electron chi connectivity index (χ2n) is 12.0. The number of benzene rings is 1. The Hall–Kier alpha value is -3.99. The lowest BCUT2D eigenvalue weighted by Crippen LogP contribution is -2.61. The van der Waals surface area contributed by atoms with E-state index in [2.05, 4.69) is 19.9 Å². The Balaban J connectivity index is 1.21. The minimum absolute atomic E-state index is 0.0479. The fourth-order valence-corrected chi connectivity index (χ4v) is 8.41. The van der Waals surface area contributed by atoms with Crippen molar-refractivity contribution < 1.29 is 19.2 Å². The number of carbonyl (C=O) groups excluding carboxylic acids is 4. The summed E-state index contributed by atoms with van der Waals surface area (Å²) >= 11 is 1.11. The van der Waals surface area contributed by atoms with E-state index in [0.29, 0.717) is 29.0 Å². The van der Waals surface area contributed by atoms with Crippen LogP contribution in [0.15, 0.2) is 54.2 Å². The van der Waals surface area contributed by atoms with Gasteiger partial charge in [-0.15, -0.1) is 5.10 Å². The van der Waals surface area contributed by atoms with E-state index < -0.39 is 30.3 Å². The van der Waals surface area contributed by atoms with Gasteiger partial charge in [-0.3, -0.25) is 29.1 Å². The summed E-state index contributed by atoms with van der Waals surface area (Å²) < 4.78 is 4.00. The first kappa shape index (κ1) is 25.9. The van der Waals surface area contributed by atoms with E-state index in [1.54, 1.807) is 48.1 Å². The molecule has 11 heteroatoms. The lowest BCUT2D eigenvalue weighted by molar-refractivity contribution is -0.144. The molecule has 4 bridgehead atoms. The van der Waals surface area contributed by atoms with Gasteiger partial charge < -0.3 is 10.2 Å². The molecule has 3 aromatic rings.